The minimum atomic E-state index is -0.103. The smallest absolute Gasteiger partial charge is 0.257 e. The Balaban J connectivity index is 0.00000324. The molecule has 1 heterocycles. The molecule has 0 aliphatic rings. The van der Waals surface area contributed by atoms with Gasteiger partial charge in [0.25, 0.3) is 5.91 Å². The lowest BCUT2D eigenvalue weighted by atomic mass is 10.3. The number of amides is 1. The molecule has 1 rings (SSSR count). The first-order valence-corrected chi connectivity index (χ1v) is 6.10. The third-order valence-corrected chi connectivity index (χ3v) is 2.72. The normalized spacial score (nSPS) is 9.89. The summed E-state index contributed by atoms with van der Waals surface area (Å²) in [5.41, 5.74) is 1.73. The van der Waals surface area contributed by atoms with E-state index in [9.17, 15) is 4.79 Å². The van der Waals surface area contributed by atoms with Crippen molar-refractivity contribution < 1.29 is 9.53 Å². The van der Waals surface area contributed by atoms with Gasteiger partial charge < -0.3 is 15.4 Å². The predicted octanol–water partition coefficient (Wildman–Crippen LogP) is 0.563. The molecule has 6 nitrogen and oxygen atoms in total. The Morgan fingerprint density at radius 3 is 2.58 bits per heavy atom. The second-order valence-corrected chi connectivity index (χ2v) is 4.22. The fraction of sp³-hybridized carbons (Fsp3) is 0.667. The van der Waals surface area contributed by atoms with E-state index >= 15 is 0 Å². The Labute approximate surface area is 120 Å². The number of nitrogens with zero attached hydrogens (tertiary/aromatic N) is 2. The lowest BCUT2D eigenvalue weighted by Gasteiger charge is -2.07. The molecule has 110 valence electrons. The van der Waals surface area contributed by atoms with Gasteiger partial charge in [0.1, 0.15) is 5.69 Å². The van der Waals surface area contributed by atoms with Crippen LogP contribution >= 0.6 is 12.4 Å². The van der Waals surface area contributed by atoms with Crippen LogP contribution in [0.5, 0.6) is 5.75 Å². The average molecular weight is 291 g/mol. The molecule has 1 aromatic rings. The third-order valence-electron chi connectivity index (χ3n) is 2.72. The van der Waals surface area contributed by atoms with Crippen molar-refractivity contribution in [3.63, 3.8) is 0 Å². The molecule has 0 aliphatic heterocycles. The van der Waals surface area contributed by atoms with Gasteiger partial charge >= 0.3 is 0 Å². The fourth-order valence-corrected chi connectivity index (χ4v) is 1.64. The van der Waals surface area contributed by atoms with Gasteiger partial charge in [-0.1, -0.05) is 0 Å². The zero-order chi connectivity index (χ0) is 13.5. The van der Waals surface area contributed by atoms with Crippen LogP contribution in [0.4, 0.5) is 0 Å². The summed E-state index contributed by atoms with van der Waals surface area (Å²) in [5, 5.41) is 10.1. The maximum Gasteiger partial charge on any atom is 0.257 e. The highest BCUT2D eigenvalue weighted by molar-refractivity contribution is 5.85. The summed E-state index contributed by atoms with van der Waals surface area (Å²) < 4.78 is 7.24. The van der Waals surface area contributed by atoms with Crippen LogP contribution in [0.15, 0.2) is 0 Å². The van der Waals surface area contributed by atoms with Crippen molar-refractivity contribution in [2.45, 2.75) is 20.3 Å². The largest absolute Gasteiger partial charge is 0.480 e. The van der Waals surface area contributed by atoms with Gasteiger partial charge in [-0.25, -0.2) is 0 Å². The van der Waals surface area contributed by atoms with Crippen LogP contribution in [0.2, 0.25) is 0 Å². The molecule has 0 spiro atoms. The summed E-state index contributed by atoms with van der Waals surface area (Å²) in [7, 11) is 3.74. The zero-order valence-electron chi connectivity index (χ0n) is 11.9. The molecule has 0 fully saturated rings. The highest BCUT2D eigenvalue weighted by atomic mass is 35.5. The van der Waals surface area contributed by atoms with Gasteiger partial charge in [-0.05, 0) is 33.9 Å². The molecule has 7 heteroatoms. The Kier molecular flexibility index (Phi) is 8.18. The van der Waals surface area contributed by atoms with Gasteiger partial charge in [0.2, 0.25) is 0 Å². The van der Waals surface area contributed by atoms with Crippen LogP contribution in [0.3, 0.4) is 0 Å². The Morgan fingerprint density at radius 2 is 2.05 bits per heavy atom. The van der Waals surface area contributed by atoms with Crippen molar-refractivity contribution in [1.82, 2.24) is 20.4 Å². The van der Waals surface area contributed by atoms with Gasteiger partial charge in [-0.15, -0.1) is 12.4 Å². The predicted molar refractivity (Wildman–Crippen MR) is 77.0 cm³/mol. The number of rotatable bonds is 7. The molecular formula is C12H23ClN4O2. The number of nitrogens with one attached hydrogen (secondary N) is 2. The highest BCUT2D eigenvalue weighted by Gasteiger charge is 2.12. The maximum atomic E-state index is 11.5. The topological polar surface area (TPSA) is 68.2 Å². The number of aromatic nitrogens is 2. The van der Waals surface area contributed by atoms with Crippen molar-refractivity contribution in [3.05, 3.63) is 11.4 Å². The average Bonchev–Trinajstić information content (AvgIpc) is 2.57. The molecule has 0 radical (unpaired) electrons. The number of aryl methyl sites for hydroxylation is 2. The minimum absolute atomic E-state index is 0. The summed E-state index contributed by atoms with van der Waals surface area (Å²) in [6, 6.07) is 0. The lowest BCUT2D eigenvalue weighted by molar-refractivity contribution is -0.123. The van der Waals surface area contributed by atoms with E-state index < -0.39 is 0 Å². The number of carbonyl (C=O) groups is 1. The lowest BCUT2D eigenvalue weighted by Crippen LogP contribution is -2.31. The number of carbonyl (C=O) groups excluding carboxylic acids is 1. The molecule has 0 atom stereocenters. The first-order valence-electron chi connectivity index (χ1n) is 6.10. The molecule has 0 aliphatic carbocycles. The van der Waals surface area contributed by atoms with Crippen LogP contribution in [0.25, 0.3) is 0 Å². The second-order valence-electron chi connectivity index (χ2n) is 4.22. The van der Waals surface area contributed by atoms with Crippen LogP contribution < -0.4 is 15.4 Å². The van der Waals surface area contributed by atoms with Crippen molar-refractivity contribution in [2.24, 2.45) is 7.05 Å². The third kappa shape index (κ3) is 5.48. The van der Waals surface area contributed by atoms with E-state index in [-0.39, 0.29) is 24.9 Å². The van der Waals surface area contributed by atoms with Crippen LogP contribution in [-0.2, 0) is 11.8 Å². The summed E-state index contributed by atoms with van der Waals surface area (Å²) in [6.45, 7) is 5.37. The molecule has 1 amide bonds. The van der Waals surface area contributed by atoms with E-state index in [1.54, 1.807) is 4.68 Å². The summed E-state index contributed by atoms with van der Waals surface area (Å²) in [6.07, 6.45) is 0.910. The zero-order valence-corrected chi connectivity index (χ0v) is 12.8. The van der Waals surface area contributed by atoms with Crippen molar-refractivity contribution in [3.8, 4) is 5.75 Å². The van der Waals surface area contributed by atoms with Gasteiger partial charge in [0.05, 0.1) is 5.69 Å². The highest BCUT2D eigenvalue weighted by Crippen LogP contribution is 2.20. The van der Waals surface area contributed by atoms with E-state index in [2.05, 4.69) is 15.7 Å². The number of halogens is 1. The maximum absolute atomic E-state index is 11.5. The van der Waals surface area contributed by atoms with E-state index in [1.165, 1.54) is 0 Å². The van der Waals surface area contributed by atoms with Crippen LogP contribution in [0.1, 0.15) is 17.8 Å². The van der Waals surface area contributed by atoms with Crippen LogP contribution in [-0.4, -0.2) is 42.4 Å². The van der Waals surface area contributed by atoms with Crippen LogP contribution in [0, 0.1) is 13.8 Å². The van der Waals surface area contributed by atoms with Gasteiger partial charge in [0.15, 0.2) is 12.4 Å². The number of hydrogen-bond donors (Lipinski definition) is 2. The molecule has 0 bridgehead atoms. The molecular weight excluding hydrogens is 268 g/mol. The van der Waals surface area contributed by atoms with Gasteiger partial charge in [-0.3, -0.25) is 9.48 Å². The molecule has 1 aromatic heterocycles. The van der Waals surface area contributed by atoms with Crippen molar-refractivity contribution in [2.75, 3.05) is 26.7 Å². The first-order chi connectivity index (χ1) is 8.56. The van der Waals surface area contributed by atoms with Crippen molar-refractivity contribution in [1.29, 1.82) is 0 Å². The Hall–Kier alpha value is -1.27. The fourth-order valence-electron chi connectivity index (χ4n) is 1.64. The molecule has 0 unspecified atom stereocenters. The van der Waals surface area contributed by atoms with E-state index in [4.69, 9.17) is 4.74 Å². The second kappa shape index (κ2) is 8.77. The minimum Gasteiger partial charge on any atom is -0.480 e. The number of hydrogen-bond acceptors (Lipinski definition) is 4. The molecule has 19 heavy (non-hydrogen) atoms. The van der Waals surface area contributed by atoms with E-state index in [0.29, 0.717) is 12.3 Å². The van der Waals surface area contributed by atoms with Gasteiger partial charge in [0, 0.05) is 13.6 Å². The quantitative estimate of drug-likeness (QED) is 0.720. The first kappa shape index (κ1) is 17.7. The molecule has 0 saturated carbocycles. The van der Waals surface area contributed by atoms with Gasteiger partial charge in [-0.2, -0.15) is 5.10 Å². The number of ether oxygens (including phenoxy) is 1. The monoisotopic (exact) mass is 290 g/mol. The van der Waals surface area contributed by atoms with E-state index in [0.717, 1.165) is 24.4 Å². The Bertz CT molecular complexity index is 407. The summed E-state index contributed by atoms with van der Waals surface area (Å²) in [5.74, 6) is 0.594. The van der Waals surface area contributed by atoms with Crippen molar-refractivity contribution >= 4 is 18.3 Å². The summed E-state index contributed by atoms with van der Waals surface area (Å²) in [4.78, 5) is 11.5. The Morgan fingerprint density at radius 1 is 1.37 bits per heavy atom. The summed E-state index contributed by atoms with van der Waals surface area (Å²) >= 11 is 0. The molecule has 0 aromatic carbocycles. The molecule has 2 N–H and O–H groups in total. The standard InChI is InChI=1S/C12H22N4O2.ClH/c1-9-12(10(2)16(4)15-9)18-8-11(17)14-7-5-6-13-3;/h13H,5-8H2,1-4H3,(H,14,17);1H. The molecule has 0 saturated heterocycles. The SMILES string of the molecule is CNCCCNC(=O)COc1c(C)nn(C)c1C.Cl. The van der Waals surface area contributed by atoms with E-state index in [1.807, 2.05) is 27.9 Å².